The quantitative estimate of drug-likeness (QED) is 0.750. The molecule has 0 amide bonds. The van der Waals surface area contributed by atoms with Crippen LogP contribution in [0.4, 0.5) is 5.82 Å². The molecule has 5 nitrogen and oxygen atoms in total. The fourth-order valence-electron chi connectivity index (χ4n) is 1.49. The van der Waals surface area contributed by atoms with Gasteiger partial charge >= 0.3 is 0 Å². The van der Waals surface area contributed by atoms with Crippen LogP contribution in [0.2, 0.25) is 0 Å². The largest absolute Gasteiger partial charge is 0.363 e. The molecule has 0 aliphatic rings. The highest BCUT2D eigenvalue weighted by atomic mass is 32.1. The van der Waals surface area contributed by atoms with Crippen molar-refractivity contribution in [3.63, 3.8) is 0 Å². The number of aromatic nitrogens is 3. The van der Waals surface area contributed by atoms with E-state index in [1.54, 1.807) is 6.07 Å². The van der Waals surface area contributed by atoms with Crippen molar-refractivity contribution in [1.29, 1.82) is 0 Å². The van der Waals surface area contributed by atoms with Crippen LogP contribution < -0.4 is 5.32 Å². The van der Waals surface area contributed by atoms with Crippen molar-refractivity contribution in [2.45, 2.75) is 6.54 Å². The number of nitrogens with one attached hydrogen (secondary N) is 1. The molecule has 0 spiro atoms. The molecule has 1 aromatic carbocycles. The SMILES string of the molecule is c1cc(CNc2ccon2)c2nsnc2c1. The standard InChI is InChI=1S/C10H8N4OS/c1-2-7(6-11-9-4-5-15-12-9)10-8(3-1)13-16-14-10/h1-5H,6H2,(H,11,12). The summed E-state index contributed by atoms with van der Waals surface area (Å²) in [4.78, 5) is 0. The smallest absolute Gasteiger partial charge is 0.169 e. The van der Waals surface area contributed by atoms with Gasteiger partial charge in [0.1, 0.15) is 17.3 Å². The van der Waals surface area contributed by atoms with Gasteiger partial charge in [0, 0.05) is 18.2 Å². The molecule has 0 fully saturated rings. The number of benzene rings is 1. The minimum Gasteiger partial charge on any atom is -0.363 e. The first-order valence-corrected chi connectivity index (χ1v) is 5.51. The summed E-state index contributed by atoms with van der Waals surface area (Å²) in [5.41, 5.74) is 2.99. The summed E-state index contributed by atoms with van der Waals surface area (Å²) in [6.45, 7) is 0.662. The summed E-state index contributed by atoms with van der Waals surface area (Å²) in [5.74, 6) is 0.722. The zero-order valence-corrected chi connectivity index (χ0v) is 9.07. The molecular weight excluding hydrogens is 224 g/mol. The van der Waals surface area contributed by atoms with Crippen LogP contribution in [0.5, 0.6) is 0 Å². The summed E-state index contributed by atoms with van der Waals surface area (Å²) in [5, 5.41) is 6.93. The molecule has 0 saturated carbocycles. The first-order valence-electron chi connectivity index (χ1n) is 4.78. The lowest BCUT2D eigenvalue weighted by Gasteiger charge is -2.02. The molecule has 0 unspecified atom stereocenters. The molecule has 2 aromatic heterocycles. The summed E-state index contributed by atoms with van der Waals surface area (Å²) in [7, 11) is 0. The molecule has 0 saturated heterocycles. The molecular formula is C10H8N4OS. The monoisotopic (exact) mass is 232 g/mol. The number of fused-ring (bicyclic) bond motifs is 1. The molecule has 3 rings (SSSR count). The van der Waals surface area contributed by atoms with E-state index < -0.39 is 0 Å². The Morgan fingerprint density at radius 3 is 3.12 bits per heavy atom. The summed E-state index contributed by atoms with van der Waals surface area (Å²) < 4.78 is 13.2. The Morgan fingerprint density at radius 1 is 1.25 bits per heavy atom. The highest BCUT2D eigenvalue weighted by Gasteiger charge is 2.04. The van der Waals surface area contributed by atoms with Crippen LogP contribution in [0.1, 0.15) is 5.56 Å². The van der Waals surface area contributed by atoms with E-state index in [4.69, 9.17) is 4.52 Å². The van der Waals surface area contributed by atoms with Crippen molar-refractivity contribution >= 4 is 28.6 Å². The molecule has 16 heavy (non-hydrogen) atoms. The Morgan fingerprint density at radius 2 is 2.25 bits per heavy atom. The third-order valence-electron chi connectivity index (χ3n) is 2.27. The van der Waals surface area contributed by atoms with Gasteiger partial charge in [-0.1, -0.05) is 17.3 Å². The highest BCUT2D eigenvalue weighted by Crippen LogP contribution is 2.17. The molecule has 0 atom stereocenters. The lowest BCUT2D eigenvalue weighted by atomic mass is 10.2. The fourth-order valence-corrected chi connectivity index (χ4v) is 2.06. The maximum absolute atomic E-state index is 4.74. The van der Waals surface area contributed by atoms with Gasteiger partial charge in [0.2, 0.25) is 0 Å². The van der Waals surface area contributed by atoms with Gasteiger partial charge in [-0.3, -0.25) is 0 Å². The zero-order valence-electron chi connectivity index (χ0n) is 8.25. The average molecular weight is 232 g/mol. The molecule has 0 aliphatic carbocycles. The minimum atomic E-state index is 0.662. The van der Waals surface area contributed by atoms with Crippen molar-refractivity contribution in [3.05, 3.63) is 36.1 Å². The third-order valence-corrected chi connectivity index (χ3v) is 2.81. The van der Waals surface area contributed by atoms with Gasteiger partial charge in [-0.2, -0.15) is 8.75 Å². The van der Waals surface area contributed by atoms with Crippen molar-refractivity contribution in [3.8, 4) is 0 Å². The Hall–Kier alpha value is -1.95. The van der Waals surface area contributed by atoms with E-state index in [-0.39, 0.29) is 0 Å². The molecule has 0 aliphatic heterocycles. The average Bonchev–Trinajstić information content (AvgIpc) is 2.97. The van der Waals surface area contributed by atoms with Gasteiger partial charge < -0.3 is 9.84 Å². The zero-order chi connectivity index (χ0) is 10.8. The minimum absolute atomic E-state index is 0.662. The second-order valence-electron chi connectivity index (χ2n) is 3.29. The van der Waals surface area contributed by atoms with Gasteiger partial charge in [0.15, 0.2) is 5.82 Å². The summed E-state index contributed by atoms with van der Waals surface area (Å²) >= 11 is 1.23. The topological polar surface area (TPSA) is 63.8 Å². The predicted octanol–water partition coefficient (Wildman–Crippen LogP) is 2.29. The number of anilines is 1. The third kappa shape index (κ3) is 1.63. The number of rotatable bonds is 3. The molecule has 0 bridgehead atoms. The highest BCUT2D eigenvalue weighted by molar-refractivity contribution is 7.00. The summed E-state index contributed by atoms with van der Waals surface area (Å²) in [6, 6.07) is 7.73. The van der Waals surface area contributed by atoms with E-state index in [2.05, 4.69) is 19.2 Å². The molecule has 3 aromatic rings. The van der Waals surface area contributed by atoms with Crippen molar-refractivity contribution < 1.29 is 4.52 Å². The van der Waals surface area contributed by atoms with Crippen molar-refractivity contribution in [2.75, 3.05) is 5.32 Å². The second kappa shape index (κ2) is 3.90. The first-order chi connectivity index (χ1) is 7.93. The lowest BCUT2D eigenvalue weighted by Crippen LogP contribution is -2.00. The van der Waals surface area contributed by atoms with Gasteiger partial charge in [0.05, 0.1) is 11.7 Å². The van der Waals surface area contributed by atoms with E-state index in [0.29, 0.717) is 6.54 Å². The molecule has 0 radical (unpaired) electrons. The maximum atomic E-state index is 4.74. The van der Waals surface area contributed by atoms with E-state index >= 15 is 0 Å². The predicted molar refractivity (Wildman–Crippen MR) is 61.2 cm³/mol. The van der Waals surface area contributed by atoms with E-state index in [1.807, 2.05) is 18.2 Å². The van der Waals surface area contributed by atoms with Gasteiger partial charge in [-0.05, 0) is 6.07 Å². The van der Waals surface area contributed by atoms with Crippen LogP contribution in [0.25, 0.3) is 11.0 Å². The Labute approximate surface area is 95.4 Å². The van der Waals surface area contributed by atoms with Gasteiger partial charge in [0.25, 0.3) is 0 Å². The lowest BCUT2D eigenvalue weighted by molar-refractivity contribution is 0.422. The van der Waals surface area contributed by atoms with Crippen LogP contribution in [-0.2, 0) is 6.54 Å². The van der Waals surface area contributed by atoms with E-state index in [1.165, 1.54) is 18.0 Å². The number of hydrogen-bond acceptors (Lipinski definition) is 6. The Bertz CT molecular complexity index is 590. The van der Waals surface area contributed by atoms with Gasteiger partial charge in [-0.25, -0.2) is 0 Å². The van der Waals surface area contributed by atoms with Gasteiger partial charge in [-0.15, -0.1) is 0 Å². The van der Waals surface area contributed by atoms with E-state index in [0.717, 1.165) is 22.4 Å². The van der Waals surface area contributed by atoms with Crippen LogP contribution in [-0.4, -0.2) is 13.9 Å². The summed E-state index contributed by atoms with van der Waals surface area (Å²) in [6.07, 6.45) is 1.54. The van der Waals surface area contributed by atoms with Crippen molar-refractivity contribution in [1.82, 2.24) is 13.9 Å². The molecule has 2 heterocycles. The molecule has 1 N–H and O–H groups in total. The van der Waals surface area contributed by atoms with E-state index in [9.17, 15) is 0 Å². The van der Waals surface area contributed by atoms with Crippen LogP contribution in [0, 0.1) is 0 Å². The molecule has 6 heteroatoms. The van der Waals surface area contributed by atoms with Crippen molar-refractivity contribution in [2.24, 2.45) is 0 Å². The first kappa shape index (κ1) is 9.29. The Balaban J connectivity index is 1.86. The van der Waals surface area contributed by atoms with Crippen LogP contribution >= 0.6 is 11.7 Å². The molecule has 80 valence electrons. The normalized spacial score (nSPS) is 10.8. The second-order valence-corrected chi connectivity index (χ2v) is 3.82. The Kier molecular flexibility index (Phi) is 2.26. The van der Waals surface area contributed by atoms with Crippen LogP contribution in [0.3, 0.4) is 0 Å². The maximum Gasteiger partial charge on any atom is 0.169 e. The fraction of sp³-hybridized carbons (Fsp3) is 0.100. The van der Waals surface area contributed by atoms with Crippen LogP contribution in [0.15, 0.2) is 35.1 Å². The number of nitrogens with zero attached hydrogens (tertiary/aromatic N) is 3. The number of hydrogen-bond donors (Lipinski definition) is 1.